The first-order chi connectivity index (χ1) is 9.38. The summed E-state index contributed by atoms with van der Waals surface area (Å²) in [4.78, 5) is 7.89. The van der Waals surface area contributed by atoms with Crippen molar-refractivity contribution >= 4 is 44.6 Å². The molecule has 9 heteroatoms. The molecule has 0 atom stereocenters. The van der Waals surface area contributed by atoms with E-state index in [-0.39, 0.29) is 21.7 Å². The predicted octanol–water partition coefficient (Wildman–Crippen LogP) is 2.67. The van der Waals surface area contributed by atoms with E-state index in [1.54, 1.807) is 0 Å². The summed E-state index contributed by atoms with van der Waals surface area (Å²) in [5.41, 5.74) is 0.857. The van der Waals surface area contributed by atoms with Crippen LogP contribution in [0.25, 0.3) is 0 Å². The van der Waals surface area contributed by atoms with Crippen molar-refractivity contribution in [2.75, 3.05) is 6.54 Å². The topological polar surface area (TPSA) is 72.0 Å². The van der Waals surface area contributed by atoms with Crippen LogP contribution in [0.2, 0.25) is 10.3 Å². The molecule has 0 unspecified atom stereocenters. The lowest BCUT2D eigenvalue weighted by molar-refractivity contribution is 0.581. The second-order valence-electron chi connectivity index (χ2n) is 3.93. The SMILES string of the molecule is Cc1nc(CCNS(=O)(=O)c2ccc(Cl)nc2Cl)cs1. The molecular weight excluding hydrogens is 341 g/mol. The van der Waals surface area contributed by atoms with Crippen molar-refractivity contribution in [1.82, 2.24) is 14.7 Å². The average molecular weight is 352 g/mol. The molecule has 2 heterocycles. The van der Waals surface area contributed by atoms with Gasteiger partial charge in [-0.2, -0.15) is 0 Å². The van der Waals surface area contributed by atoms with Crippen molar-refractivity contribution < 1.29 is 8.42 Å². The molecule has 0 aliphatic heterocycles. The smallest absolute Gasteiger partial charge is 0.243 e. The molecule has 0 radical (unpaired) electrons. The molecule has 0 bridgehead atoms. The summed E-state index contributed by atoms with van der Waals surface area (Å²) in [5.74, 6) is 0. The lowest BCUT2D eigenvalue weighted by atomic mass is 10.3. The number of pyridine rings is 1. The van der Waals surface area contributed by atoms with E-state index in [4.69, 9.17) is 23.2 Å². The van der Waals surface area contributed by atoms with E-state index < -0.39 is 10.0 Å². The molecule has 5 nitrogen and oxygen atoms in total. The monoisotopic (exact) mass is 351 g/mol. The highest BCUT2D eigenvalue weighted by molar-refractivity contribution is 7.89. The third-order valence-corrected chi connectivity index (χ3v) is 5.34. The zero-order valence-electron chi connectivity index (χ0n) is 10.4. The number of aryl methyl sites for hydroxylation is 1. The van der Waals surface area contributed by atoms with Gasteiger partial charge in [-0.05, 0) is 19.1 Å². The number of rotatable bonds is 5. The normalized spacial score (nSPS) is 11.8. The minimum atomic E-state index is -3.70. The van der Waals surface area contributed by atoms with Crippen molar-refractivity contribution in [3.05, 3.63) is 38.5 Å². The van der Waals surface area contributed by atoms with Crippen molar-refractivity contribution in [2.24, 2.45) is 0 Å². The molecule has 0 aromatic carbocycles. The summed E-state index contributed by atoms with van der Waals surface area (Å²) in [6.07, 6.45) is 0.516. The molecule has 108 valence electrons. The van der Waals surface area contributed by atoms with Crippen molar-refractivity contribution in [3.8, 4) is 0 Å². The molecule has 0 aliphatic rings. The van der Waals surface area contributed by atoms with Crippen LogP contribution in [0.1, 0.15) is 10.7 Å². The molecule has 0 aliphatic carbocycles. The van der Waals surface area contributed by atoms with Crippen molar-refractivity contribution in [2.45, 2.75) is 18.2 Å². The van der Waals surface area contributed by atoms with Gasteiger partial charge in [-0.1, -0.05) is 23.2 Å². The first-order valence-corrected chi connectivity index (χ1v) is 8.73. The van der Waals surface area contributed by atoms with E-state index in [0.717, 1.165) is 10.7 Å². The van der Waals surface area contributed by atoms with Gasteiger partial charge in [0, 0.05) is 18.3 Å². The summed E-state index contributed by atoms with van der Waals surface area (Å²) >= 11 is 13.0. The molecular formula is C11H11Cl2N3O2S2. The van der Waals surface area contributed by atoms with Gasteiger partial charge in [0.05, 0.1) is 10.7 Å². The van der Waals surface area contributed by atoms with E-state index in [9.17, 15) is 8.42 Å². The zero-order chi connectivity index (χ0) is 14.8. The fourth-order valence-corrected chi connectivity index (χ4v) is 3.85. The third-order valence-electron chi connectivity index (χ3n) is 2.41. The summed E-state index contributed by atoms with van der Waals surface area (Å²) in [5, 5.41) is 2.86. The molecule has 0 amide bonds. The Labute approximate surface area is 131 Å². The van der Waals surface area contributed by atoms with Gasteiger partial charge >= 0.3 is 0 Å². The van der Waals surface area contributed by atoms with E-state index in [0.29, 0.717) is 6.42 Å². The molecule has 0 spiro atoms. The maximum absolute atomic E-state index is 12.1. The Morgan fingerprint density at radius 1 is 1.30 bits per heavy atom. The molecule has 2 aromatic heterocycles. The number of nitrogens with zero attached hydrogens (tertiary/aromatic N) is 2. The molecule has 0 saturated carbocycles. The molecule has 0 saturated heterocycles. The number of aromatic nitrogens is 2. The van der Waals surface area contributed by atoms with Crippen LogP contribution in [0.15, 0.2) is 22.4 Å². The average Bonchev–Trinajstić information content (AvgIpc) is 2.74. The third kappa shape index (κ3) is 3.89. The Balaban J connectivity index is 2.04. The van der Waals surface area contributed by atoms with Crippen LogP contribution in [0.3, 0.4) is 0 Å². The van der Waals surface area contributed by atoms with Crippen LogP contribution in [0.5, 0.6) is 0 Å². The number of hydrogen-bond donors (Lipinski definition) is 1. The Hall–Kier alpha value is -0.730. The van der Waals surface area contributed by atoms with Crippen LogP contribution in [0.4, 0.5) is 0 Å². The van der Waals surface area contributed by atoms with Crippen molar-refractivity contribution in [3.63, 3.8) is 0 Å². The van der Waals surface area contributed by atoms with Crippen LogP contribution in [0, 0.1) is 6.92 Å². The highest BCUT2D eigenvalue weighted by atomic mass is 35.5. The van der Waals surface area contributed by atoms with Gasteiger partial charge in [0.2, 0.25) is 10.0 Å². The minimum absolute atomic E-state index is 0.0852. The first-order valence-electron chi connectivity index (χ1n) is 5.61. The highest BCUT2D eigenvalue weighted by Crippen LogP contribution is 2.21. The lowest BCUT2D eigenvalue weighted by Crippen LogP contribution is -2.26. The molecule has 20 heavy (non-hydrogen) atoms. The van der Waals surface area contributed by atoms with Gasteiger partial charge in [0.1, 0.15) is 10.0 Å². The molecule has 2 aromatic rings. The van der Waals surface area contributed by atoms with Gasteiger partial charge in [-0.25, -0.2) is 23.1 Å². The summed E-state index contributed by atoms with van der Waals surface area (Å²) in [7, 11) is -3.70. The number of sulfonamides is 1. The Bertz CT molecular complexity index is 716. The maximum atomic E-state index is 12.1. The number of nitrogens with one attached hydrogen (secondary N) is 1. The Morgan fingerprint density at radius 3 is 2.65 bits per heavy atom. The zero-order valence-corrected chi connectivity index (χ0v) is 13.6. The van der Waals surface area contributed by atoms with E-state index >= 15 is 0 Å². The van der Waals surface area contributed by atoms with Crippen LogP contribution in [-0.4, -0.2) is 24.9 Å². The number of thiazole rings is 1. The quantitative estimate of drug-likeness (QED) is 0.840. The highest BCUT2D eigenvalue weighted by Gasteiger charge is 2.18. The second kappa shape index (κ2) is 6.36. The van der Waals surface area contributed by atoms with E-state index in [1.807, 2.05) is 12.3 Å². The first kappa shape index (κ1) is 15.7. The van der Waals surface area contributed by atoms with Gasteiger partial charge in [-0.3, -0.25) is 0 Å². The number of hydrogen-bond acceptors (Lipinski definition) is 5. The van der Waals surface area contributed by atoms with Crippen LogP contribution >= 0.6 is 34.5 Å². The van der Waals surface area contributed by atoms with Crippen LogP contribution < -0.4 is 4.72 Å². The fourth-order valence-electron chi connectivity index (χ4n) is 1.51. The van der Waals surface area contributed by atoms with Gasteiger partial charge in [0.15, 0.2) is 5.15 Å². The standard InChI is InChI=1S/C11H11Cl2N3O2S2/c1-7-15-8(6-19-7)4-5-14-20(17,18)9-2-3-10(12)16-11(9)13/h2-3,6,14H,4-5H2,1H3. The lowest BCUT2D eigenvalue weighted by Gasteiger charge is -2.07. The fraction of sp³-hybridized carbons (Fsp3) is 0.273. The van der Waals surface area contributed by atoms with Crippen molar-refractivity contribution in [1.29, 1.82) is 0 Å². The number of halogens is 2. The Morgan fingerprint density at radius 2 is 2.05 bits per heavy atom. The largest absolute Gasteiger partial charge is 0.247 e. The minimum Gasteiger partial charge on any atom is -0.247 e. The molecule has 2 rings (SSSR count). The van der Waals surface area contributed by atoms with Gasteiger partial charge in [0.25, 0.3) is 0 Å². The summed E-state index contributed by atoms with van der Waals surface area (Å²) < 4.78 is 26.6. The van der Waals surface area contributed by atoms with Gasteiger partial charge < -0.3 is 0 Å². The molecule has 0 fully saturated rings. The van der Waals surface area contributed by atoms with Crippen LogP contribution in [-0.2, 0) is 16.4 Å². The summed E-state index contributed by atoms with van der Waals surface area (Å²) in [6, 6.07) is 2.71. The van der Waals surface area contributed by atoms with E-state index in [2.05, 4.69) is 14.7 Å². The summed E-state index contributed by atoms with van der Waals surface area (Å²) in [6.45, 7) is 2.14. The van der Waals surface area contributed by atoms with Gasteiger partial charge in [-0.15, -0.1) is 11.3 Å². The second-order valence-corrected chi connectivity index (χ2v) is 7.47. The van der Waals surface area contributed by atoms with E-state index in [1.165, 1.54) is 23.5 Å². The predicted molar refractivity (Wildman–Crippen MR) is 80.0 cm³/mol. The molecule has 1 N–H and O–H groups in total. The Kier molecular flexibility index (Phi) is 4.98. The maximum Gasteiger partial charge on any atom is 0.243 e.